The lowest BCUT2D eigenvalue weighted by atomic mass is 10.3. The van der Waals surface area contributed by atoms with E-state index in [2.05, 4.69) is 10.0 Å². The number of hydrogen-bond donors (Lipinski definition) is 2. The first-order valence-electron chi connectivity index (χ1n) is 9.21. The predicted octanol–water partition coefficient (Wildman–Crippen LogP) is 4.62. The van der Waals surface area contributed by atoms with Gasteiger partial charge in [-0.2, -0.15) is 0 Å². The van der Waals surface area contributed by atoms with Gasteiger partial charge in [0.2, 0.25) is 5.91 Å². The Hall–Kier alpha value is -2.97. The molecular formula is C22H22N2O4S2. The van der Waals surface area contributed by atoms with Crippen molar-refractivity contribution in [3.05, 3.63) is 78.9 Å². The molecule has 0 bridgehead atoms. The van der Waals surface area contributed by atoms with E-state index in [0.29, 0.717) is 29.3 Å². The molecule has 0 saturated carbocycles. The average molecular weight is 443 g/mol. The number of hydrogen-bond acceptors (Lipinski definition) is 5. The monoisotopic (exact) mass is 442 g/mol. The second kappa shape index (κ2) is 10.2. The van der Waals surface area contributed by atoms with Crippen LogP contribution in [0.15, 0.2) is 88.7 Å². The number of para-hydroxylation sites is 2. The molecule has 3 rings (SSSR count). The minimum absolute atomic E-state index is 0.0462. The van der Waals surface area contributed by atoms with Crippen LogP contribution in [0.25, 0.3) is 0 Å². The van der Waals surface area contributed by atoms with Gasteiger partial charge in [-0.25, -0.2) is 8.42 Å². The Bertz CT molecular complexity index is 1100. The van der Waals surface area contributed by atoms with Crippen LogP contribution in [-0.4, -0.2) is 27.2 Å². The van der Waals surface area contributed by atoms with E-state index >= 15 is 0 Å². The van der Waals surface area contributed by atoms with Gasteiger partial charge in [0.25, 0.3) is 10.0 Å². The second-order valence-electron chi connectivity index (χ2n) is 6.29. The number of anilines is 2. The van der Waals surface area contributed by atoms with Crippen LogP contribution in [0.1, 0.15) is 6.42 Å². The lowest BCUT2D eigenvalue weighted by molar-refractivity contribution is -0.115. The van der Waals surface area contributed by atoms with Gasteiger partial charge in [0, 0.05) is 22.8 Å². The molecule has 0 aliphatic carbocycles. The maximum absolute atomic E-state index is 12.8. The highest BCUT2D eigenvalue weighted by molar-refractivity contribution is 7.99. The maximum Gasteiger partial charge on any atom is 0.262 e. The van der Waals surface area contributed by atoms with Gasteiger partial charge in [-0.1, -0.05) is 36.4 Å². The number of nitrogens with one attached hydrogen (secondary N) is 2. The molecule has 1 amide bonds. The van der Waals surface area contributed by atoms with Crippen molar-refractivity contribution in [2.24, 2.45) is 0 Å². The third kappa shape index (κ3) is 6.01. The Morgan fingerprint density at radius 2 is 1.70 bits per heavy atom. The van der Waals surface area contributed by atoms with Crippen LogP contribution < -0.4 is 14.8 Å². The van der Waals surface area contributed by atoms with E-state index in [1.807, 2.05) is 30.3 Å². The van der Waals surface area contributed by atoms with Gasteiger partial charge in [-0.15, -0.1) is 11.8 Å². The number of sulfonamides is 1. The molecule has 30 heavy (non-hydrogen) atoms. The highest BCUT2D eigenvalue weighted by Gasteiger charge is 2.17. The van der Waals surface area contributed by atoms with Crippen LogP contribution >= 0.6 is 11.8 Å². The van der Waals surface area contributed by atoms with Crippen molar-refractivity contribution in [1.29, 1.82) is 0 Å². The van der Waals surface area contributed by atoms with Gasteiger partial charge < -0.3 is 10.1 Å². The fourth-order valence-electron chi connectivity index (χ4n) is 2.68. The fourth-order valence-corrected chi connectivity index (χ4v) is 4.66. The van der Waals surface area contributed by atoms with E-state index < -0.39 is 10.0 Å². The van der Waals surface area contributed by atoms with Gasteiger partial charge in [-0.05, 0) is 42.5 Å². The van der Waals surface area contributed by atoms with Crippen LogP contribution in [0, 0.1) is 0 Å². The van der Waals surface area contributed by atoms with E-state index in [4.69, 9.17) is 4.74 Å². The van der Waals surface area contributed by atoms with E-state index in [0.717, 1.165) is 4.90 Å². The van der Waals surface area contributed by atoms with E-state index in [-0.39, 0.29) is 10.8 Å². The highest BCUT2D eigenvalue weighted by atomic mass is 32.2. The summed E-state index contributed by atoms with van der Waals surface area (Å²) in [6, 6.07) is 22.7. The average Bonchev–Trinajstić information content (AvgIpc) is 2.75. The third-order valence-electron chi connectivity index (χ3n) is 4.12. The molecule has 3 aromatic carbocycles. The number of ether oxygens (including phenoxy) is 1. The summed E-state index contributed by atoms with van der Waals surface area (Å²) in [5.74, 6) is 0.871. The van der Waals surface area contributed by atoms with E-state index in [1.54, 1.807) is 48.2 Å². The van der Waals surface area contributed by atoms with Crippen LogP contribution in [0.4, 0.5) is 11.4 Å². The van der Waals surface area contributed by atoms with Gasteiger partial charge in [0.1, 0.15) is 5.75 Å². The molecular weight excluding hydrogens is 420 g/mol. The van der Waals surface area contributed by atoms with Crippen molar-refractivity contribution >= 4 is 39.1 Å². The van der Waals surface area contributed by atoms with Gasteiger partial charge in [0.05, 0.1) is 17.7 Å². The lowest BCUT2D eigenvalue weighted by Gasteiger charge is -2.12. The van der Waals surface area contributed by atoms with Crippen molar-refractivity contribution in [2.45, 2.75) is 16.2 Å². The number of carbonyl (C=O) groups excluding carboxylic acids is 1. The molecule has 0 saturated heterocycles. The molecule has 0 aliphatic rings. The predicted molar refractivity (Wildman–Crippen MR) is 121 cm³/mol. The molecule has 0 heterocycles. The van der Waals surface area contributed by atoms with Crippen molar-refractivity contribution in [3.8, 4) is 5.75 Å². The molecule has 0 spiro atoms. The summed E-state index contributed by atoms with van der Waals surface area (Å²) in [7, 11) is -2.37. The summed E-state index contributed by atoms with van der Waals surface area (Å²) in [4.78, 5) is 13.4. The largest absolute Gasteiger partial charge is 0.495 e. The Balaban J connectivity index is 1.62. The summed E-state index contributed by atoms with van der Waals surface area (Å²) in [6.45, 7) is 0. The molecule has 156 valence electrons. The quantitative estimate of drug-likeness (QED) is 0.473. The smallest absolute Gasteiger partial charge is 0.262 e. The first-order valence-corrected chi connectivity index (χ1v) is 11.7. The summed E-state index contributed by atoms with van der Waals surface area (Å²) >= 11 is 1.59. The normalized spacial score (nSPS) is 11.0. The Labute approximate surface area is 180 Å². The minimum Gasteiger partial charge on any atom is -0.495 e. The van der Waals surface area contributed by atoms with Crippen LogP contribution in [0.3, 0.4) is 0 Å². The molecule has 3 aromatic rings. The Kier molecular flexibility index (Phi) is 7.37. The molecule has 0 radical (unpaired) electrons. The standard InChI is InChI=1S/C22H22N2O4S2/c1-28-21-13-6-5-12-20(21)24-30(26,27)19-11-7-8-17(16-19)23-22(25)14-15-29-18-9-3-2-4-10-18/h2-13,16,24H,14-15H2,1H3,(H,23,25). The topological polar surface area (TPSA) is 84.5 Å². The number of methoxy groups -OCH3 is 1. The molecule has 8 heteroatoms. The molecule has 2 N–H and O–H groups in total. The van der Waals surface area contributed by atoms with Crippen molar-refractivity contribution in [3.63, 3.8) is 0 Å². The second-order valence-corrected chi connectivity index (χ2v) is 9.14. The zero-order valence-electron chi connectivity index (χ0n) is 16.4. The summed E-state index contributed by atoms with van der Waals surface area (Å²) in [5.41, 5.74) is 0.764. The molecule has 0 aliphatic heterocycles. The molecule has 6 nitrogen and oxygen atoms in total. The van der Waals surface area contributed by atoms with Gasteiger partial charge in [0.15, 0.2) is 0 Å². The number of amides is 1. The summed E-state index contributed by atoms with van der Waals surface area (Å²) in [6.07, 6.45) is 0.315. The van der Waals surface area contributed by atoms with Crippen molar-refractivity contribution < 1.29 is 17.9 Å². The SMILES string of the molecule is COc1ccccc1NS(=O)(=O)c1cccc(NC(=O)CCSc2ccccc2)c1. The van der Waals surface area contributed by atoms with Gasteiger partial charge in [-0.3, -0.25) is 9.52 Å². The molecule has 0 aromatic heterocycles. The van der Waals surface area contributed by atoms with E-state index in [1.165, 1.54) is 19.2 Å². The van der Waals surface area contributed by atoms with Gasteiger partial charge >= 0.3 is 0 Å². The Morgan fingerprint density at radius 1 is 0.967 bits per heavy atom. The number of benzene rings is 3. The number of rotatable bonds is 9. The third-order valence-corrected chi connectivity index (χ3v) is 6.50. The Morgan fingerprint density at radius 3 is 2.47 bits per heavy atom. The minimum atomic E-state index is -3.84. The van der Waals surface area contributed by atoms with Crippen LogP contribution in [0.2, 0.25) is 0 Å². The maximum atomic E-state index is 12.8. The summed E-state index contributed by atoms with van der Waals surface area (Å²) in [5, 5.41) is 2.76. The zero-order valence-corrected chi connectivity index (χ0v) is 18.0. The first kappa shape index (κ1) is 21.7. The van der Waals surface area contributed by atoms with Crippen LogP contribution in [0.5, 0.6) is 5.75 Å². The number of carbonyl (C=O) groups is 1. The fraction of sp³-hybridized carbons (Fsp3) is 0.136. The summed E-state index contributed by atoms with van der Waals surface area (Å²) < 4.78 is 33.2. The number of thioether (sulfide) groups is 1. The zero-order chi connectivity index (χ0) is 21.4. The van der Waals surface area contributed by atoms with Crippen molar-refractivity contribution in [1.82, 2.24) is 0 Å². The van der Waals surface area contributed by atoms with E-state index in [9.17, 15) is 13.2 Å². The van der Waals surface area contributed by atoms with Crippen LogP contribution in [-0.2, 0) is 14.8 Å². The highest BCUT2D eigenvalue weighted by Crippen LogP contribution is 2.27. The lowest BCUT2D eigenvalue weighted by Crippen LogP contribution is -2.15. The molecule has 0 unspecified atom stereocenters. The molecule has 0 atom stereocenters. The molecule has 0 fully saturated rings. The van der Waals surface area contributed by atoms with Crippen molar-refractivity contribution in [2.75, 3.05) is 22.9 Å². The first-order chi connectivity index (χ1) is 14.5.